The van der Waals surface area contributed by atoms with E-state index in [2.05, 4.69) is 10.1 Å². The number of phenolic OH excluding ortho intramolecular Hbond substituents is 1. The molecule has 0 bridgehead atoms. The van der Waals surface area contributed by atoms with Crippen molar-refractivity contribution in [2.24, 2.45) is 0 Å². The molecule has 106 valence electrons. The maximum Gasteiger partial charge on any atom is 0.337 e. The Balaban J connectivity index is 2.88. The lowest BCUT2D eigenvalue weighted by Gasteiger charge is -2.23. The summed E-state index contributed by atoms with van der Waals surface area (Å²) in [7, 11) is 1.27. The van der Waals surface area contributed by atoms with Crippen LogP contribution in [0.5, 0.6) is 5.75 Å². The summed E-state index contributed by atoms with van der Waals surface area (Å²) in [4.78, 5) is 11.4. The highest BCUT2D eigenvalue weighted by Crippen LogP contribution is 2.22. The van der Waals surface area contributed by atoms with E-state index in [1.165, 1.54) is 25.3 Å². The predicted molar refractivity (Wildman–Crippen MR) is 72.2 cm³/mol. The molecule has 5 heteroatoms. The van der Waals surface area contributed by atoms with Gasteiger partial charge in [-0.05, 0) is 44.5 Å². The zero-order valence-corrected chi connectivity index (χ0v) is 11.7. The van der Waals surface area contributed by atoms with Crippen LogP contribution in [-0.2, 0) is 4.74 Å². The van der Waals surface area contributed by atoms with Crippen molar-refractivity contribution in [2.45, 2.75) is 32.4 Å². The number of carbonyl (C=O) groups is 1. The van der Waals surface area contributed by atoms with Crippen molar-refractivity contribution in [3.63, 3.8) is 0 Å². The van der Waals surface area contributed by atoms with Crippen molar-refractivity contribution in [1.82, 2.24) is 5.32 Å². The summed E-state index contributed by atoms with van der Waals surface area (Å²) in [5.41, 5.74) is 0.563. The molecule has 1 unspecified atom stereocenters. The normalized spacial score (nSPS) is 13.1. The number of aliphatic hydroxyl groups excluding tert-OH is 1. The van der Waals surface area contributed by atoms with Gasteiger partial charge < -0.3 is 20.3 Å². The van der Waals surface area contributed by atoms with Gasteiger partial charge in [0.15, 0.2) is 0 Å². The Labute approximate surface area is 113 Å². The molecule has 0 saturated carbocycles. The molecular weight excluding hydrogens is 246 g/mol. The molecule has 19 heavy (non-hydrogen) atoms. The van der Waals surface area contributed by atoms with Crippen molar-refractivity contribution in [3.8, 4) is 5.75 Å². The molecule has 0 heterocycles. The minimum Gasteiger partial charge on any atom is -0.508 e. The second-order valence-corrected chi connectivity index (χ2v) is 5.45. The fourth-order valence-electron chi connectivity index (χ4n) is 1.58. The Hall–Kier alpha value is -1.59. The van der Waals surface area contributed by atoms with Crippen molar-refractivity contribution in [2.75, 3.05) is 13.7 Å². The Kier molecular flexibility index (Phi) is 4.91. The van der Waals surface area contributed by atoms with E-state index >= 15 is 0 Å². The highest BCUT2D eigenvalue weighted by molar-refractivity contribution is 5.90. The number of esters is 1. The van der Waals surface area contributed by atoms with Crippen LogP contribution < -0.4 is 5.32 Å². The van der Waals surface area contributed by atoms with Crippen LogP contribution in [0.1, 0.15) is 42.8 Å². The lowest BCUT2D eigenvalue weighted by Crippen LogP contribution is -2.38. The monoisotopic (exact) mass is 267 g/mol. The molecule has 1 aromatic carbocycles. The fraction of sp³-hybridized carbons (Fsp3) is 0.500. The quantitative estimate of drug-likeness (QED) is 0.722. The van der Waals surface area contributed by atoms with Gasteiger partial charge >= 0.3 is 5.97 Å². The number of aromatic hydroxyl groups is 1. The number of benzene rings is 1. The number of ether oxygens (including phenoxy) is 1. The van der Waals surface area contributed by atoms with Gasteiger partial charge in [0.05, 0.1) is 18.8 Å². The van der Waals surface area contributed by atoms with Crippen molar-refractivity contribution in [3.05, 3.63) is 29.3 Å². The summed E-state index contributed by atoms with van der Waals surface area (Å²) in [5.74, 6) is -0.624. The minimum absolute atomic E-state index is 0.0762. The van der Waals surface area contributed by atoms with E-state index in [4.69, 9.17) is 0 Å². The van der Waals surface area contributed by atoms with Gasteiger partial charge in [0.1, 0.15) is 5.75 Å². The van der Waals surface area contributed by atoms with E-state index < -0.39 is 12.1 Å². The molecule has 0 spiro atoms. The van der Waals surface area contributed by atoms with Crippen LogP contribution in [0.25, 0.3) is 0 Å². The standard InChI is InChI=1S/C14H21NO4/c1-14(2,3)15-8-12(17)9-5-10(13(18)19-4)7-11(16)6-9/h5-7,12,15-17H,8H2,1-4H3. The van der Waals surface area contributed by atoms with Crippen LogP contribution in [0.3, 0.4) is 0 Å². The third kappa shape index (κ3) is 4.89. The molecule has 0 fully saturated rings. The lowest BCUT2D eigenvalue weighted by atomic mass is 10.0. The van der Waals surface area contributed by atoms with E-state index in [9.17, 15) is 15.0 Å². The molecule has 0 amide bonds. The minimum atomic E-state index is -0.810. The number of aliphatic hydroxyl groups is 1. The first-order valence-electron chi connectivity index (χ1n) is 6.08. The molecule has 0 saturated heterocycles. The molecule has 0 aliphatic rings. The second kappa shape index (κ2) is 6.04. The molecule has 1 atom stereocenters. The van der Waals surface area contributed by atoms with Crippen LogP contribution in [0.2, 0.25) is 0 Å². The highest BCUT2D eigenvalue weighted by Gasteiger charge is 2.16. The van der Waals surface area contributed by atoms with Crippen LogP contribution in [0, 0.1) is 0 Å². The number of methoxy groups -OCH3 is 1. The average molecular weight is 267 g/mol. The molecule has 0 aliphatic carbocycles. The lowest BCUT2D eigenvalue weighted by molar-refractivity contribution is 0.0600. The number of nitrogens with one attached hydrogen (secondary N) is 1. The maximum atomic E-state index is 11.4. The summed E-state index contributed by atoms with van der Waals surface area (Å²) < 4.78 is 4.59. The zero-order valence-electron chi connectivity index (χ0n) is 11.7. The topological polar surface area (TPSA) is 78.8 Å². The summed E-state index contributed by atoms with van der Waals surface area (Å²) in [6, 6.07) is 4.25. The molecular formula is C14H21NO4. The molecule has 0 radical (unpaired) electrons. The number of hydrogen-bond donors (Lipinski definition) is 3. The van der Waals surface area contributed by atoms with Gasteiger partial charge in [-0.3, -0.25) is 0 Å². The smallest absolute Gasteiger partial charge is 0.337 e. The Morgan fingerprint density at radius 1 is 1.37 bits per heavy atom. The van der Waals surface area contributed by atoms with E-state index in [1.54, 1.807) is 0 Å². The van der Waals surface area contributed by atoms with Gasteiger partial charge in [0.25, 0.3) is 0 Å². The molecule has 1 rings (SSSR count). The zero-order chi connectivity index (χ0) is 14.6. The molecule has 1 aromatic rings. The van der Waals surface area contributed by atoms with E-state index in [-0.39, 0.29) is 16.9 Å². The van der Waals surface area contributed by atoms with E-state index in [0.29, 0.717) is 12.1 Å². The highest BCUT2D eigenvalue weighted by atomic mass is 16.5. The summed E-state index contributed by atoms with van der Waals surface area (Å²) >= 11 is 0. The Morgan fingerprint density at radius 2 is 2.00 bits per heavy atom. The fourth-order valence-corrected chi connectivity index (χ4v) is 1.58. The second-order valence-electron chi connectivity index (χ2n) is 5.45. The predicted octanol–water partition coefficient (Wildman–Crippen LogP) is 1.60. The number of phenols is 1. The molecule has 0 aromatic heterocycles. The SMILES string of the molecule is COC(=O)c1cc(O)cc(C(O)CNC(C)(C)C)c1. The molecule has 5 nitrogen and oxygen atoms in total. The van der Waals surface area contributed by atoms with Crippen LogP contribution in [0.4, 0.5) is 0 Å². The van der Waals surface area contributed by atoms with E-state index in [0.717, 1.165) is 0 Å². The third-order valence-corrected chi connectivity index (χ3v) is 2.57. The van der Waals surface area contributed by atoms with Crippen molar-refractivity contribution >= 4 is 5.97 Å². The summed E-state index contributed by atoms with van der Waals surface area (Å²) in [6.45, 7) is 6.29. The van der Waals surface area contributed by atoms with Gasteiger partial charge in [-0.15, -0.1) is 0 Å². The third-order valence-electron chi connectivity index (χ3n) is 2.57. The largest absolute Gasteiger partial charge is 0.508 e. The number of carbonyl (C=O) groups excluding carboxylic acids is 1. The first-order chi connectivity index (χ1) is 8.73. The van der Waals surface area contributed by atoms with Crippen LogP contribution >= 0.6 is 0 Å². The van der Waals surface area contributed by atoms with Crippen LogP contribution in [0.15, 0.2) is 18.2 Å². The Bertz CT molecular complexity index is 451. The van der Waals surface area contributed by atoms with Gasteiger partial charge in [0, 0.05) is 12.1 Å². The van der Waals surface area contributed by atoms with Crippen LogP contribution in [-0.4, -0.2) is 35.4 Å². The molecule has 3 N–H and O–H groups in total. The average Bonchev–Trinajstić information content (AvgIpc) is 2.33. The molecule has 0 aliphatic heterocycles. The number of rotatable bonds is 4. The number of β-amino-alcohol motifs (C(OH)–C–C–N with tert-alkyl or cyclic N) is 1. The van der Waals surface area contributed by atoms with Crippen molar-refractivity contribution in [1.29, 1.82) is 0 Å². The van der Waals surface area contributed by atoms with Gasteiger partial charge in [-0.25, -0.2) is 4.79 Å². The van der Waals surface area contributed by atoms with Gasteiger partial charge in [0.2, 0.25) is 0 Å². The van der Waals surface area contributed by atoms with E-state index in [1.807, 2.05) is 20.8 Å². The maximum absolute atomic E-state index is 11.4. The summed E-state index contributed by atoms with van der Waals surface area (Å²) in [5, 5.41) is 22.8. The first-order valence-corrected chi connectivity index (χ1v) is 6.08. The van der Waals surface area contributed by atoms with Gasteiger partial charge in [-0.2, -0.15) is 0 Å². The van der Waals surface area contributed by atoms with Crippen molar-refractivity contribution < 1.29 is 19.7 Å². The van der Waals surface area contributed by atoms with Gasteiger partial charge in [-0.1, -0.05) is 0 Å². The first kappa shape index (κ1) is 15.5. The summed E-state index contributed by atoms with van der Waals surface area (Å²) in [6.07, 6.45) is -0.810. The Morgan fingerprint density at radius 3 is 2.53 bits per heavy atom. The number of hydrogen-bond acceptors (Lipinski definition) is 5.